The Hall–Kier alpha value is -2.51. The van der Waals surface area contributed by atoms with Crippen LogP contribution in [0.2, 0.25) is 0 Å². The second kappa shape index (κ2) is 3.01. The fourth-order valence-electron chi connectivity index (χ4n) is 1.08. The summed E-state index contributed by atoms with van der Waals surface area (Å²) in [7, 11) is 0. The van der Waals surface area contributed by atoms with E-state index in [0.717, 1.165) is 0 Å². The number of tetrazole rings is 1. The van der Waals surface area contributed by atoms with Crippen LogP contribution in [0.1, 0.15) is 0 Å². The summed E-state index contributed by atoms with van der Waals surface area (Å²) >= 11 is 0. The molecule has 0 aliphatic carbocycles. The van der Waals surface area contributed by atoms with Gasteiger partial charge in [0.05, 0.1) is 0 Å². The summed E-state index contributed by atoms with van der Waals surface area (Å²) in [5.41, 5.74) is 1.16. The Labute approximate surface area is 82.6 Å². The van der Waals surface area contributed by atoms with Gasteiger partial charge in [0.25, 0.3) is 0 Å². The molecule has 0 bridgehead atoms. The van der Waals surface area contributed by atoms with Crippen molar-refractivity contribution >= 4 is 0 Å². The highest BCUT2D eigenvalue weighted by Crippen LogP contribution is 2.17. The van der Waals surface area contributed by atoms with Gasteiger partial charge in [0.15, 0.2) is 6.39 Å². The fraction of sp³-hybridized carbons (Fsp3) is 0. The van der Waals surface area contributed by atoms with Gasteiger partial charge in [-0.1, -0.05) is 0 Å². The van der Waals surface area contributed by atoms with E-state index in [9.17, 15) is 0 Å². The minimum absolute atomic E-state index is 0.276. The zero-order chi connectivity index (χ0) is 10.1. The van der Waals surface area contributed by atoms with Gasteiger partial charge in [-0.15, -0.1) is 9.78 Å². The molecule has 0 aromatic carbocycles. The van der Waals surface area contributed by atoms with Crippen molar-refractivity contribution in [1.82, 2.24) is 30.2 Å². The first-order chi connectivity index (χ1) is 7.43. The summed E-state index contributed by atoms with van der Waals surface area (Å²) in [4.78, 5) is 8.06. The minimum atomic E-state index is 0.276. The van der Waals surface area contributed by atoms with Gasteiger partial charge in [0.1, 0.15) is 30.2 Å². The summed E-state index contributed by atoms with van der Waals surface area (Å²) < 4.78 is 11.3. The van der Waals surface area contributed by atoms with Crippen molar-refractivity contribution < 1.29 is 8.83 Å². The van der Waals surface area contributed by atoms with Crippen LogP contribution in [0.4, 0.5) is 0 Å². The highest BCUT2D eigenvalue weighted by molar-refractivity contribution is 5.50. The lowest BCUT2D eigenvalue weighted by atomic mass is 10.4. The Balaban J connectivity index is 2.02. The molecule has 3 aromatic rings. The van der Waals surface area contributed by atoms with Crippen molar-refractivity contribution in [2.45, 2.75) is 0 Å². The maximum Gasteiger partial charge on any atom is 0.326 e. The van der Waals surface area contributed by atoms with E-state index in [1.165, 1.54) is 29.9 Å². The van der Waals surface area contributed by atoms with Gasteiger partial charge in [-0.2, -0.15) is 4.98 Å². The van der Waals surface area contributed by atoms with Crippen LogP contribution in [-0.2, 0) is 0 Å². The highest BCUT2D eigenvalue weighted by Gasteiger charge is 2.10. The number of hydrogen-bond donors (Lipinski definition) is 0. The normalized spacial score (nSPS) is 10.7. The molecule has 3 heterocycles. The van der Waals surface area contributed by atoms with Crippen LogP contribution in [0.15, 0.2) is 34.1 Å². The van der Waals surface area contributed by atoms with Gasteiger partial charge in [-0.05, 0) is 10.4 Å². The Morgan fingerprint density at radius 2 is 2.20 bits per heavy atom. The molecule has 0 aliphatic rings. The Morgan fingerprint density at radius 3 is 2.93 bits per heavy atom. The van der Waals surface area contributed by atoms with E-state index in [1.54, 1.807) is 0 Å². The molecule has 0 amide bonds. The zero-order valence-electron chi connectivity index (χ0n) is 7.31. The van der Waals surface area contributed by atoms with Gasteiger partial charge in [0, 0.05) is 0 Å². The minimum Gasteiger partial charge on any atom is -0.451 e. The number of aromatic nitrogens is 6. The van der Waals surface area contributed by atoms with E-state index in [0.29, 0.717) is 11.4 Å². The van der Waals surface area contributed by atoms with E-state index < -0.39 is 0 Å². The molecular formula is C7H4N6O2. The summed E-state index contributed by atoms with van der Waals surface area (Å²) in [6.07, 6.45) is 5.63. The van der Waals surface area contributed by atoms with Crippen LogP contribution in [0, 0.1) is 0 Å². The lowest BCUT2D eigenvalue weighted by molar-refractivity contribution is 0.504. The molecule has 3 aromatic heterocycles. The van der Waals surface area contributed by atoms with Crippen molar-refractivity contribution in [3.63, 3.8) is 0 Å². The number of oxazole rings is 2. The van der Waals surface area contributed by atoms with Crippen LogP contribution in [0.5, 0.6) is 0 Å². The number of rotatable bonds is 2. The summed E-state index contributed by atoms with van der Waals surface area (Å²) in [6.45, 7) is 0. The molecule has 0 unspecified atom stereocenters. The summed E-state index contributed by atoms with van der Waals surface area (Å²) in [6, 6.07) is 0.276. The third-order valence-corrected chi connectivity index (χ3v) is 1.73. The average molecular weight is 204 g/mol. The monoisotopic (exact) mass is 204 g/mol. The topological polar surface area (TPSA) is 95.7 Å². The van der Waals surface area contributed by atoms with Crippen molar-refractivity contribution in [2.24, 2.45) is 0 Å². The molecular weight excluding hydrogens is 200 g/mol. The maximum atomic E-state index is 5.16. The van der Waals surface area contributed by atoms with Gasteiger partial charge in [-0.25, -0.2) is 4.98 Å². The van der Waals surface area contributed by atoms with E-state index >= 15 is 0 Å². The van der Waals surface area contributed by atoms with Crippen LogP contribution in [0.3, 0.4) is 0 Å². The van der Waals surface area contributed by atoms with E-state index in [4.69, 9.17) is 8.83 Å². The van der Waals surface area contributed by atoms with Crippen LogP contribution in [0.25, 0.3) is 17.4 Å². The molecule has 74 valence electrons. The molecule has 8 nitrogen and oxygen atoms in total. The van der Waals surface area contributed by atoms with E-state index in [2.05, 4.69) is 25.5 Å². The predicted octanol–water partition coefficient (Wildman–Crippen LogP) is 0.305. The second-order valence-corrected chi connectivity index (χ2v) is 2.64. The molecule has 0 fully saturated rings. The maximum absolute atomic E-state index is 5.16. The average Bonchev–Trinajstić information content (AvgIpc) is 3.02. The third kappa shape index (κ3) is 1.27. The van der Waals surface area contributed by atoms with Crippen LogP contribution in [-0.4, -0.2) is 30.2 Å². The standard InChI is InChI=1S/C7H4N6O2/c1-5(8-4-14-1)6-2-15-7(10-6)13-3-9-11-12-13/h1-4H. The van der Waals surface area contributed by atoms with Crippen molar-refractivity contribution in [1.29, 1.82) is 0 Å². The van der Waals surface area contributed by atoms with E-state index in [-0.39, 0.29) is 6.01 Å². The molecule has 3 rings (SSSR count). The first-order valence-corrected chi connectivity index (χ1v) is 4.01. The Morgan fingerprint density at radius 1 is 1.20 bits per heavy atom. The predicted molar refractivity (Wildman–Crippen MR) is 44.7 cm³/mol. The van der Waals surface area contributed by atoms with Crippen LogP contribution >= 0.6 is 0 Å². The van der Waals surface area contributed by atoms with Gasteiger partial charge in [0.2, 0.25) is 0 Å². The van der Waals surface area contributed by atoms with Crippen molar-refractivity contribution in [3.05, 3.63) is 25.2 Å². The Bertz CT molecular complexity index is 491. The quantitative estimate of drug-likeness (QED) is 0.592. The highest BCUT2D eigenvalue weighted by atomic mass is 16.4. The summed E-state index contributed by atoms with van der Waals surface area (Å²) in [5.74, 6) is 0. The lowest BCUT2D eigenvalue weighted by Crippen LogP contribution is -1.94. The molecule has 0 atom stereocenters. The van der Waals surface area contributed by atoms with E-state index in [1.807, 2.05) is 0 Å². The largest absolute Gasteiger partial charge is 0.451 e. The fourth-order valence-corrected chi connectivity index (χ4v) is 1.08. The second-order valence-electron chi connectivity index (χ2n) is 2.64. The molecule has 0 spiro atoms. The zero-order valence-corrected chi connectivity index (χ0v) is 7.31. The van der Waals surface area contributed by atoms with Crippen molar-refractivity contribution in [2.75, 3.05) is 0 Å². The third-order valence-electron chi connectivity index (χ3n) is 1.73. The van der Waals surface area contributed by atoms with Crippen LogP contribution < -0.4 is 0 Å². The van der Waals surface area contributed by atoms with Crippen molar-refractivity contribution in [3.8, 4) is 17.4 Å². The SMILES string of the molecule is c1nc(-c2coc(-n3cnnn3)n2)co1. The molecule has 0 aliphatic heterocycles. The van der Waals surface area contributed by atoms with Gasteiger partial charge in [-0.3, -0.25) is 0 Å². The summed E-state index contributed by atoms with van der Waals surface area (Å²) in [5, 5.41) is 10.6. The first kappa shape index (κ1) is 7.85. The smallest absolute Gasteiger partial charge is 0.326 e. The lowest BCUT2D eigenvalue weighted by Gasteiger charge is -1.86. The molecule has 0 radical (unpaired) electrons. The molecule has 15 heavy (non-hydrogen) atoms. The number of nitrogens with zero attached hydrogens (tertiary/aromatic N) is 6. The molecule has 0 N–H and O–H groups in total. The molecule has 0 saturated carbocycles. The first-order valence-electron chi connectivity index (χ1n) is 4.01. The van der Waals surface area contributed by atoms with Gasteiger partial charge < -0.3 is 8.83 Å². The Kier molecular flexibility index (Phi) is 1.58. The molecule has 8 heteroatoms. The molecule has 0 saturated heterocycles. The number of hydrogen-bond acceptors (Lipinski definition) is 7. The van der Waals surface area contributed by atoms with Gasteiger partial charge >= 0.3 is 6.01 Å².